The number of nitriles is 1. The molecule has 0 atom stereocenters. The van der Waals surface area contributed by atoms with Gasteiger partial charge in [0.05, 0.1) is 18.8 Å². The van der Waals surface area contributed by atoms with Crippen LogP contribution in [0.3, 0.4) is 0 Å². The lowest BCUT2D eigenvalue weighted by Crippen LogP contribution is -2.01. The number of ether oxygens (including phenoxy) is 1. The highest BCUT2D eigenvalue weighted by atomic mass is 127. The van der Waals surface area contributed by atoms with Gasteiger partial charge < -0.3 is 4.74 Å². The molecule has 140 valence electrons. The van der Waals surface area contributed by atoms with Crippen LogP contribution in [0.15, 0.2) is 60.7 Å². The van der Waals surface area contributed by atoms with Gasteiger partial charge in [0.1, 0.15) is 24.0 Å². The first kappa shape index (κ1) is 20.7. The van der Waals surface area contributed by atoms with Crippen molar-refractivity contribution in [2.75, 3.05) is 0 Å². The highest BCUT2D eigenvalue weighted by molar-refractivity contribution is 14.1. The molecule has 2 nitrogen and oxygen atoms in total. The van der Waals surface area contributed by atoms with Crippen molar-refractivity contribution in [2.45, 2.75) is 6.61 Å². The van der Waals surface area contributed by atoms with Crippen LogP contribution in [0, 0.1) is 30.1 Å². The lowest BCUT2D eigenvalue weighted by Gasteiger charge is -2.12. The van der Waals surface area contributed by atoms with Gasteiger partial charge in [-0.2, -0.15) is 5.26 Å². The molecule has 0 aliphatic rings. The molecule has 0 aliphatic heterocycles. The predicted molar refractivity (Wildman–Crippen MR) is 122 cm³/mol. The zero-order chi connectivity index (χ0) is 20.1. The molecule has 0 saturated carbocycles. The minimum atomic E-state index is -0.440. The van der Waals surface area contributed by atoms with E-state index in [9.17, 15) is 14.0 Å². The quantitative estimate of drug-likeness (QED) is 0.183. The number of nitrogens with zero attached hydrogens (tertiary/aromatic N) is 1. The monoisotopic (exact) mass is 599 g/mol. The lowest BCUT2D eigenvalue weighted by atomic mass is 10.0. The van der Waals surface area contributed by atoms with Gasteiger partial charge in [0, 0.05) is 11.1 Å². The Morgan fingerprint density at radius 3 is 2.18 bits per heavy atom. The highest BCUT2D eigenvalue weighted by Gasteiger charge is 2.12. The predicted octanol–water partition coefficient (Wildman–Crippen LogP) is 6.82. The SMILES string of the molecule is N#C/C(=C/c1cc(I)c(OCc2ccccc2F)c(I)c1)c1ccccc1F. The molecule has 0 aromatic heterocycles. The summed E-state index contributed by atoms with van der Waals surface area (Å²) < 4.78 is 35.2. The average molecular weight is 599 g/mol. The number of allylic oxidation sites excluding steroid dienone is 1. The topological polar surface area (TPSA) is 33.0 Å². The Bertz CT molecular complexity index is 1070. The van der Waals surface area contributed by atoms with Crippen molar-refractivity contribution >= 4 is 56.8 Å². The molecule has 3 aromatic rings. The fraction of sp³-hybridized carbons (Fsp3) is 0.0455. The van der Waals surface area contributed by atoms with Gasteiger partial charge in [-0.05, 0) is 81.1 Å². The molecule has 0 spiro atoms. The maximum Gasteiger partial charge on any atom is 0.146 e. The second-order valence-electron chi connectivity index (χ2n) is 5.84. The molecule has 0 unspecified atom stereocenters. The van der Waals surface area contributed by atoms with Gasteiger partial charge in [-0.15, -0.1) is 0 Å². The van der Waals surface area contributed by atoms with Crippen LogP contribution in [0.5, 0.6) is 5.75 Å². The summed E-state index contributed by atoms with van der Waals surface area (Å²) in [4.78, 5) is 0. The van der Waals surface area contributed by atoms with Crippen molar-refractivity contribution in [3.63, 3.8) is 0 Å². The van der Waals surface area contributed by atoms with Crippen LogP contribution >= 0.6 is 45.2 Å². The van der Waals surface area contributed by atoms with Gasteiger partial charge in [0.2, 0.25) is 0 Å². The summed E-state index contributed by atoms with van der Waals surface area (Å²) in [6.07, 6.45) is 1.64. The van der Waals surface area contributed by atoms with Crippen molar-refractivity contribution in [3.8, 4) is 11.8 Å². The van der Waals surface area contributed by atoms with E-state index in [0.29, 0.717) is 11.3 Å². The molecule has 3 rings (SSSR count). The van der Waals surface area contributed by atoms with E-state index >= 15 is 0 Å². The van der Waals surface area contributed by atoms with Crippen molar-refractivity contribution in [1.29, 1.82) is 5.26 Å². The number of hydrogen-bond acceptors (Lipinski definition) is 2. The maximum atomic E-state index is 14.0. The third-order valence-electron chi connectivity index (χ3n) is 3.95. The summed E-state index contributed by atoms with van der Waals surface area (Å²) in [5, 5.41) is 9.45. The van der Waals surface area contributed by atoms with E-state index in [0.717, 1.165) is 12.7 Å². The van der Waals surface area contributed by atoms with Gasteiger partial charge in [-0.1, -0.05) is 36.4 Å². The Morgan fingerprint density at radius 1 is 0.964 bits per heavy atom. The fourth-order valence-corrected chi connectivity index (χ4v) is 4.71. The summed E-state index contributed by atoms with van der Waals surface area (Å²) in [5.74, 6) is -0.105. The molecule has 0 heterocycles. The number of benzene rings is 3. The second kappa shape index (κ2) is 9.47. The zero-order valence-electron chi connectivity index (χ0n) is 14.4. The van der Waals surface area contributed by atoms with Crippen LogP contribution in [0.4, 0.5) is 8.78 Å². The van der Waals surface area contributed by atoms with E-state index in [1.807, 2.05) is 12.1 Å². The molecule has 3 aromatic carbocycles. The summed E-state index contributed by atoms with van der Waals surface area (Å²) >= 11 is 4.27. The third-order valence-corrected chi connectivity index (χ3v) is 5.55. The van der Waals surface area contributed by atoms with Crippen LogP contribution < -0.4 is 4.74 Å². The van der Waals surface area contributed by atoms with Gasteiger partial charge in [0.25, 0.3) is 0 Å². The summed E-state index contributed by atoms with van der Waals surface area (Å²) in [5.41, 5.74) is 1.73. The lowest BCUT2D eigenvalue weighted by molar-refractivity contribution is 0.295. The normalized spacial score (nSPS) is 11.2. The molecular weight excluding hydrogens is 586 g/mol. The number of rotatable bonds is 5. The van der Waals surface area contributed by atoms with E-state index in [1.165, 1.54) is 12.1 Å². The Hall–Kier alpha value is -1.99. The highest BCUT2D eigenvalue weighted by Crippen LogP contribution is 2.31. The standard InChI is InChI=1S/C22H13F2I2NO/c23-18-7-3-1-5-15(18)13-28-22-20(25)10-14(11-21(22)26)9-16(12-27)17-6-2-4-8-19(17)24/h1-11H,13H2/b16-9-. The number of halogens is 4. The first-order valence-corrected chi connectivity index (χ1v) is 10.4. The second-order valence-corrected chi connectivity index (χ2v) is 8.17. The molecule has 0 radical (unpaired) electrons. The van der Waals surface area contributed by atoms with Gasteiger partial charge in [-0.25, -0.2) is 8.78 Å². The zero-order valence-corrected chi connectivity index (χ0v) is 18.7. The smallest absolute Gasteiger partial charge is 0.146 e. The molecule has 0 saturated heterocycles. The minimum absolute atomic E-state index is 0.118. The first-order valence-electron chi connectivity index (χ1n) is 8.21. The minimum Gasteiger partial charge on any atom is -0.487 e. The molecule has 6 heteroatoms. The molecular formula is C22H13F2I2NO. The fourth-order valence-electron chi connectivity index (χ4n) is 2.58. The first-order chi connectivity index (χ1) is 13.5. The van der Waals surface area contributed by atoms with Crippen molar-refractivity contribution in [2.24, 2.45) is 0 Å². The molecule has 0 aliphatic carbocycles. The average Bonchev–Trinajstić information content (AvgIpc) is 2.67. The van der Waals surface area contributed by atoms with Gasteiger partial charge in [-0.3, -0.25) is 0 Å². The molecule has 0 bridgehead atoms. The van der Waals surface area contributed by atoms with Crippen LogP contribution in [-0.4, -0.2) is 0 Å². The van der Waals surface area contributed by atoms with Crippen LogP contribution in [0.25, 0.3) is 11.6 Å². The van der Waals surface area contributed by atoms with Crippen molar-refractivity contribution in [3.05, 3.63) is 96.1 Å². The molecule has 28 heavy (non-hydrogen) atoms. The van der Waals surface area contributed by atoms with Gasteiger partial charge >= 0.3 is 0 Å². The summed E-state index contributed by atoms with van der Waals surface area (Å²) in [7, 11) is 0. The molecule has 0 fully saturated rings. The van der Waals surface area contributed by atoms with Crippen molar-refractivity contribution in [1.82, 2.24) is 0 Å². The Kier molecular flexibility index (Phi) is 7.02. The Labute approximate surface area is 189 Å². The molecule has 0 N–H and O–H groups in total. The largest absolute Gasteiger partial charge is 0.487 e. The van der Waals surface area contributed by atoms with Crippen LogP contribution in [0.1, 0.15) is 16.7 Å². The van der Waals surface area contributed by atoms with E-state index in [1.54, 1.807) is 42.5 Å². The number of hydrogen-bond donors (Lipinski definition) is 0. The van der Waals surface area contributed by atoms with E-state index in [-0.39, 0.29) is 23.6 Å². The van der Waals surface area contributed by atoms with E-state index in [4.69, 9.17) is 4.74 Å². The summed E-state index contributed by atoms with van der Waals surface area (Å²) in [6.45, 7) is 0.118. The summed E-state index contributed by atoms with van der Waals surface area (Å²) in [6, 6.07) is 18.4. The van der Waals surface area contributed by atoms with E-state index in [2.05, 4.69) is 51.3 Å². The Morgan fingerprint density at radius 2 is 1.57 bits per heavy atom. The van der Waals surface area contributed by atoms with Crippen LogP contribution in [0.2, 0.25) is 0 Å². The van der Waals surface area contributed by atoms with Crippen molar-refractivity contribution < 1.29 is 13.5 Å². The van der Waals surface area contributed by atoms with E-state index < -0.39 is 5.82 Å². The van der Waals surface area contributed by atoms with Gasteiger partial charge in [0.15, 0.2) is 0 Å². The molecule has 0 amide bonds. The maximum absolute atomic E-state index is 14.0. The Balaban J connectivity index is 1.88. The third kappa shape index (κ3) is 4.89. The van der Waals surface area contributed by atoms with Crippen LogP contribution in [-0.2, 0) is 6.61 Å².